The first-order chi connectivity index (χ1) is 10.6. The van der Waals surface area contributed by atoms with E-state index in [-0.39, 0.29) is 11.5 Å². The molecular formula is C17H13NO3S. The van der Waals surface area contributed by atoms with Crippen LogP contribution in [0, 0.1) is 10.1 Å². The summed E-state index contributed by atoms with van der Waals surface area (Å²) in [5, 5.41) is 14.8. The minimum absolute atomic E-state index is 0.0360. The second-order valence-electron chi connectivity index (χ2n) is 5.08. The summed E-state index contributed by atoms with van der Waals surface area (Å²) in [7, 11) is 0. The van der Waals surface area contributed by atoms with Gasteiger partial charge in [0.05, 0.1) is 4.92 Å². The second-order valence-corrected chi connectivity index (χ2v) is 5.86. The Kier molecular flexibility index (Phi) is 3.98. The van der Waals surface area contributed by atoms with E-state index >= 15 is 0 Å². The fourth-order valence-electron chi connectivity index (χ4n) is 2.47. The molecule has 2 aromatic rings. The van der Waals surface area contributed by atoms with Crippen LogP contribution in [-0.4, -0.2) is 10.7 Å². The number of nitro groups is 1. The maximum absolute atomic E-state index is 12.4. The molecule has 1 fully saturated rings. The third-order valence-electron chi connectivity index (χ3n) is 3.55. The lowest BCUT2D eigenvalue weighted by Crippen LogP contribution is -1.95. The Morgan fingerprint density at radius 3 is 2.45 bits per heavy atom. The maximum atomic E-state index is 12.4. The van der Waals surface area contributed by atoms with Crippen molar-refractivity contribution in [3.63, 3.8) is 0 Å². The van der Waals surface area contributed by atoms with Crippen LogP contribution in [0.5, 0.6) is 0 Å². The van der Waals surface area contributed by atoms with Crippen molar-refractivity contribution in [1.82, 2.24) is 0 Å². The van der Waals surface area contributed by atoms with Crippen molar-refractivity contribution in [3.8, 4) is 0 Å². The van der Waals surface area contributed by atoms with E-state index in [1.807, 2.05) is 22.9 Å². The molecule has 4 nitrogen and oxygen atoms in total. The SMILES string of the molecule is O=C1/C(=C\c2ccsc2)CC/C1=C\c1cccc([N+](=O)[O-])c1. The average molecular weight is 311 g/mol. The lowest BCUT2D eigenvalue weighted by Gasteiger charge is -1.97. The van der Waals surface area contributed by atoms with Crippen LogP contribution in [0.15, 0.2) is 52.2 Å². The van der Waals surface area contributed by atoms with Crippen molar-refractivity contribution in [3.05, 3.63) is 73.5 Å². The molecule has 0 amide bonds. The highest BCUT2D eigenvalue weighted by Crippen LogP contribution is 2.30. The normalized spacial score (nSPS) is 18.3. The number of carbonyl (C=O) groups excluding carboxylic acids is 1. The van der Waals surface area contributed by atoms with Crippen LogP contribution in [0.3, 0.4) is 0 Å². The molecule has 0 aliphatic heterocycles. The van der Waals surface area contributed by atoms with E-state index in [1.165, 1.54) is 12.1 Å². The molecule has 1 aliphatic rings. The Morgan fingerprint density at radius 1 is 1.09 bits per heavy atom. The molecule has 110 valence electrons. The van der Waals surface area contributed by atoms with Gasteiger partial charge < -0.3 is 0 Å². The minimum atomic E-state index is -0.430. The molecule has 0 unspecified atom stereocenters. The van der Waals surface area contributed by atoms with Crippen molar-refractivity contribution in [2.75, 3.05) is 0 Å². The summed E-state index contributed by atoms with van der Waals surface area (Å²) >= 11 is 1.60. The number of benzene rings is 1. The molecule has 1 saturated carbocycles. The molecule has 0 saturated heterocycles. The number of ketones is 1. The van der Waals surface area contributed by atoms with Gasteiger partial charge in [-0.3, -0.25) is 14.9 Å². The zero-order chi connectivity index (χ0) is 15.5. The zero-order valence-corrected chi connectivity index (χ0v) is 12.5. The van der Waals surface area contributed by atoms with E-state index in [2.05, 4.69) is 0 Å². The Balaban J connectivity index is 1.86. The molecule has 0 spiro atoms. The Morgan fingerprint density at radius 2 is 1.82 bits per heavy atom. The number of nitro benzene ring substituents is 1. The molecule has 1 aromatic heterocycles. The van der Waals surface area contributed by atoms with E-state index in [0.29, 0.717) is 17.6 Å². The van der Waals surface area contributed by atoms with Crippen LogP contribution in [0.2, 0.25) is 0 Å². The predicted molar refractivity (Wildman–Crippen MR) is 87.6 cm³/mol. The van der Waals surface area contributed by atoms with Gasteiger partial charge in [-0.25, -0.2) is 0 Å². The summed E-state index contributed by atoms with van der Waals surface area (Å²) in [5.74, 6) is 0.0395. The van der Waals surface area contributed by atoms with Crippen LogP contribution in [0.1, 0.15) is 24.0 Å². The fourth-order valence-corrected chi connectivity index (χ4v) is 3.08. The number of nitrogens with zero attached hydrogens (tertiary/aromatic N) is 1. The molecular weight excluding hydrogens is 298 g/mol. The molecule has 1 aliphatic carbocycles. The van der Waals surface area contributed by atoms with Gasteiger partial charge in [-0.2, -0.15) is 11.3 Å². The molecule has 22 heavy (non-hydrogen) atoms. The molecule has 3 rings (SSSR count). The number of rotatable bonds is 3. The summed E-state index contributed by atoms with van der Waals surface area (Å²) in [6, 6.07) is 8.31. The standard InChI is InChI=1S/C17H13NO3S/c19-17-14(4-5-15(17)9-13-6-7-22-11-13)8-12-2-1-3-16(10-12)18(20)21/h1-3,6-11H,4-5H2/b14-8+,15-9-. The van der Waals surface area contributed by atoms with Crippen molar-refractivity contribution in [2.45, 2.75) is 12.8 Å². The van der Waals surface area contributed by atoms with Gasteiger partial charge in [-0.15, -0.1) is 0 Å². The van der Waals surface area contributed by atoms with Gasteiger partial charge in [0.2, 0.25) is 0 Å². The van der Waals surface area contributed by atoms with E-state index in [9.17, 15) is 14.9 Å². The molecule has 0 radical (unpaired) electrons. The number of thiophene rings is 1. The van der Waals surface area contributed by atoms with Crippen LogP contribution in [-0.2, 0) is 4.79 Å². The van der Waals surface area contributed by atoms with Crippen LogP contribution in [0.25, 0.3) is 12.2 Å². The lowest BCUT2D eigenvalue weighted by atomic mass is 10.1. The van der Waals surface area contributed by atoms with Gasteiger partial charge in [-0.05, 0) is 52.9 Å². The van der Waals surface area contributed by atoms with Crippen molar-refractivity contribution < 1.29 is 9.72 Å². The molecule has 0 N–H and O–H groups in total. The lowest BCUT2D eigenvalue weighted by molar-refractivity contribution is -0.384. The van der Waals surface area contributed by atoms with Gasteiger partial charge in [-0.1, -0.05) is 12.1 Å². The molecule has 0 bridgehead atoms. The van der Waals surface area contributed by atoms with Gasteiger partial charge in [0, 0.05) is 23.3 Å². The van der Waals surface area contributed by atoms with E-state index in [1.54, 1.807) is 29.5 Å². The highest BCUT2D eigenvalue weighted by Gasteiger charge is 2.23. The minimum Gasteiger partial charge on any atom is -0.289 e. The Bertz CT molecular complexity index is 788. The zero-order valence-electron chi connectivity index (χ0n) is 11.7. The smallest absolute Gasteiger partial charge is 0.270 e. The first-order valence-electron chi connectivity index (χ1n) is 6.86. The first-order valence-corrected chi connectivity index (χ1v) is 7.80. The third kappa shape index (κ3) is 3.04. The van der Waals surface area contributed by atoms with Crippen molar-refractivity contribution >= 4 is 35.0 Å². The molecule has 1 aromatic carbocycles. The maximum Gasteiger partial charge on any atom is 0.270 e. The van der Waals surface area contributed by atoms with E-state index in [0.717, 1.165) is 17.6 Å². The van der Waals surface area contributed by atoms with Crippen molar-refractivity contribution in [1.29, 1.82) is 0 Å². The van der Waals surface area contributed by atoms with Gasteiger partial charge in [0.15, 0.2) is 5.78 Å². The summed E-state index contributed by atoms with van der Waals surface area (Å²) in [4.78, 5) is 22.8. The predicted octanol–water partition coefficient (Wildman–Crippen LogP) is 4.49. The molecule has 1 heterocycles. The largest absolute Gasteiger partial charge is 0.289 e. The van der Waals surface area contributed by atoms with Crippen molar-refractivity contribution in [2.24, 2.45) is 0 Å². The molecule has 5 heteroatoms. The topological polar surface area (TPSA) is 60.2 Å². The number of hydrogen-bond donors (Lipinski definition) is 0. The number of allylic oxidation sites excluding steroid dienone is 2. The third-order valence-corrected chi connectivity index (χ3v) is 4.25. The number of non-ortho nitro benzene ring substituents is 1. The number of Topliss-reactive ketones (excluding diaryl/α,β-unsaturated/α-hetero) is 1. The number of carbonyl (C=O) groups is 1. The first kappa shape index (κ1) is 14.4. The molecule has 0 atom stereocenters. The second kappa shape index (κ2) is 6.07. The summed E-state index contributed by atoms with van der Waals surface area (Å²) < 4.78 is 0. The summed E-state index contributed by atoms with van der Waals surface area (Å²) in [6.45, 7) is 0. The average Bonchev–Trinajstić information content (AvgIpc) is 3.13. The fraction of sp³-hybridized carbons (Fsp3) is 0.118. The Hall–Kier alpha value is -2.53. The van der Waals surface area contributed by atoms with E-state index in [4.69, 9.17) is 0 Å². The van der Waals surface area contributed by atoms with Crippen LogP contribution < -0.4 is 0 Å². The monoisotopic (exact) mass is 311 g/mol. The van der Waals surface area contributed by atoms with E-state index < -0.39 is 4.92 Å². The highest BCUT2D eigenvalue weighted by atomic mass is 32.1. The van der Waals surface area contributed by atoms with Gasteiger partial charge >= 0.3 is 0 Å². The number of hydrogen-bond acceptors (Lipinski definition) is 4. The highest BCUT2D eigenvalue weighted by molar-refractivity contribution is 7.08. The van der Waals surface area contributed by atoms with Gasteiger partial charge in [0.25, 0.3) is 5.69 Å². The summed E-state index contributed by atoms with van der Waals surface area (Å²) in [6.07, 6.45) is 5.07. The van der Waals surface area contributed by atoms with Crippen LogP contribution in [0.4, 0.5) is 5.69 Å². The summed E-state index contributed by atoms with van der Waals surface area (Å²) in [5.41, 5.74) is 3.28. The Labute approximate surface area is 131 Å². The van der Waals surface area contributed by atoms with Gasteiger partial charge in [0.1, 0.15) is 0 Å². The van der Waals surface area contributed by atoms with Crippen LogP contribution >= 0.6 is 11.3 Å². The quantitative estimate of drug-likeness (QED) is 0.477.